The van der Waals surface area contributed by atoms with Gasteiger partial charge in [-0.2, -0.15) is 13.2 Å². The number of rotatable bonds is 11. The van der Waals surface area contributed by atoms with E-state index in [4.69, 9.17) is 4.74 Å². The summed E-state index contributed by atoms with van der Waals surface area (Å²) in [7, 11) is 5.81. The number of hydrogen-bond donors (Lipinski definition) is 2. The number of carbonyl (C=O) groups is 1. The molecule has 3 aromatic carbocycles. The number of ether oxygens (including phenoxy) is 1. The predicted molar refractivity (Wildman–Crippen MR) is 166 cm³/mol. The van der Waals surface area contributed by atoms with Crippen molar-refractivity contribution in [3.8, 4) is 0 Å². The molecule has 4 rings (SSSR count). The first-order valence-corrected chi connectivity index (χ1v) is 14.2. The van der Waals surface area contributed by atoms with E-state index in [0.29, 0.717) is 61.2 Å². The Bertz CT molecular complexity index is 1490. The molecule has 0 aromatic heterocycles. The van der Waals surface area contributed by atoms with Gasteiger partial charge in [-0.1, -0.05) is 6.07 Å². The van der Waals surface area contributed by atoms with Crippen molar-refractivity contribution >= 4 is 40.0 Å². The zero-order valence-electron chi connectivity index (χ0n) is 25.2. The van der Waals surface area contributed by atoms with Gasteiger partial charge in [-0.05, 0) is 82.0 Å². The molecular formula is C31H37F3N6O4. The molecule has 0 spiro atoms. The van der Waals surface area contributed by atoms with Gasteiger partial charge in [0.1, 0.15) is 5.56 Å². The van der Waals surface area contributed by atoms with Crippen molar-refractivity contribution in [1.29, 1.82) is 0 Å². The van der Waals surface area contributed by atoms with E-state index in [9.17, 15) is 28.1 Å². The summed E-state index contributed by atoms with van der Waals surface area (Å²) >= 11 is 0. The molecule has 2 N–H and O–H groups in total. The van der Waals surface area contributed by atoms with Gasteiger partial charge >= 0.3 is 6.18 Å². The lowest BCUT2D eigenvalue weighted by atomic mass is 10.1. The molecule has 3 aromatic rings. The highest BCUT2D eigenvalue weighted by Gasteiger charge is 2.32. The van der Waals surface area contributed by atoms with Gasteiger partial charge in [0.15, 0.2) is 0 Å². The van der Waals surface area contributed by atoms with Gasteiger partial charge < -0.3 is 30.1 Å². The highest BCUT2D eigenvalue weighted by atomic mass is 19.4. The molecular weight excluding hydrogens is 577 g/mol. The average Bonchev–Trinajstić information content (AvgIpc) is 2.98. The van der Waals surface area contributed by atoms with E-state index >= 15 is 0 Å². The number of nitrogens with zero attached hydrogens (tertiary/aromatic N) is 4. The van der Waals surface area contributed by atoms with Crippen LogP contribution in [-0.2, 0) is 10.9 Å². The largest absolute Gasteiger partial charge is 0.416 e. The maximum Gasteiger partial charge on any atom is 0.416 e. The van der Waals surface area contributed by atoms with Crippen LogP contribution in [0.2, 0.25) is 0 Å². The molecule has 0 saturated carbocycles. The number of alkyl halides is 3. The SMILES string of the molecule is Cc1ccc(Nc2cc(N3CCOCC3)cc(C(F)(F)F)c2)cc1NC(=O)c1cc(N(C)CCCN(C)C)ccc1[N+](=O)[O-]. The lowest BCUT2D eigenvalue weighted by Crippen LogP contribution is -2.36. The van der Waals surface area contributed by atoms with Crippen LogP contribution in [0.1, 0.15) is 27.9 Å². The number of aryl methyl sites for hydroxylation is 1. The number of hydrogen-bond acceptors (Lipinski definition) is 8. The first-order valence-electron chi connectivity index (χ1n) is 14.2. The van der Waals surface area contributed by atoms with Crippen LogP contribution in [0.5, 0.6) is 0 Å². The third-order valence-corrected chi connectivity index (χ3v) is 7.36. The molecule has 0 unspecified atom stereocenters. The lowest BCUT2D eigenvalue weighted by molar-refractivity contribution is -0.385. The van der Waals surface area contributed by atoms with Gasteiger partial charge in [-0.25, -0.2) is 0 Å². The molecule has 44 heavy (non-hydrogen) atoms. The van der Waals surface area contributed by atoms with E-state index in [-0.39, 0.29) is 16.9 Å². The van der Waals surface area contributed by atoms with Crippen LogP contribution in [-0.4, -0.2) is 76.3 Å². The maximum absolute atomic E-state index is 13.8. The Labute approximate surface area is 254 Å². The van der Waals surface area contributed by atoms with E-state index in [1.54, 1.807) is 37.3 Å². The molecule has 0 atom stereocenters. The standard InChI is InChI=1S/C31H37F3N6O4/c1-21-6-7-23(35-24-16-22(31(32,33)34)17-26(18-24)39-12-14-44-15-13-39)19-28(21)36-30(41)27-20-25(8-9-29(27)40(42)43)38(4)11-5-10-37(2)3/h6-9,16-20,35H,5,10-15H2,1-4H3,(H,36,41). The summed E-state index contributed by atoms with van der Waals surface area (Å²) < 4.78 is 46.6. The monoisotopic (exact) mass is 614 g/mol. The van der Waals surface area contributed by atoms with Gasteiger partial charge in [-0.15, -0.1) is 0 Å². The predicted octanol–water partition coefficient (Wildman–Crippen LogP) is 6.14. The van der Waals surface area contributed by atoms with Crippen molar-refractivity contribution in [3.05, 3.63) is 81.4 Å². The molecule has 13 heteroatoms. The Kier molecular flexibility index (Phi) is 10.3. The summed E-state index contributed by atoms with van der Waals surface area (Å²) in [6, 6.07) is 13.2. The Morgan fingerprint density at radius 3 is 2.39 bits per heavy atom. The second-order valence-electron chi connectivity index (χ2n) is 11.0. The Hall–Kier alpha value is -4.36. The zero-order chi connectivity index (χ0) is 32.0. The average molecular weight is 615 g/mol. The maximum atomic E-state index is 13.8. The van der Waals surface area contributed by atoms with E-state index < -0.39 is 22.6 Å². The quantitative estimate of drug-likeness (QED) is 0.196. The van der Waals surface area contributed by atoms with Gasteiger partial charge in [0, 0.05) is 61.2 Å². The molecule has 1 amide bonds. The molecule has 236 valence electrons. The fourth-order valence-electron chi connectivity index (χ4n) is 4.90. The summed E-state index contributed by atoms with van der Waals surface area (Å²) in [5.41, 5.74) is 1.55. The third kappa shape index (κ3) is 8.38. The molecule has 1 aliphatic rings. The number of benzene rings is 3. The van der Waals surface area contributed by atoms with E-state index in [2.05, 4.69) is 15.5 Å². The van der Waals surface area contributed by atoms with Crippen LogP contribution in [0.4, 0.5) is 47.3 Å². The number of anilines is 5. The van der Waals surface area contributed by atoms with Crippen LogP contribution in [0.15, 0.2) is 54.6 Å². The summed E-state index contributed by atoms with van der Waals surface area (Å²) in [5, 5.41) is 17.6. The molecule has 0 bridgehead atoms. The number of nitro benzene ring substituents is 1. The normalized spacial score (nSPS) is 13.6. The van der Waals surface area contributed by atoms with Crippen molar-refractivity contribution in [2.45, 2.75) is 19.5 Å². The summed E-state index contributed by atoms with van der Waals surface area (Å²) in [6.45, 7) is 5.10. The molecule has 0 radical (unpaired) electrons. The summed E-state index contributed by atoms with van der Waals surface area (Å²) in [5.74, 6) is -0.672. The van der Waals surface area contributed by atoms with Gasteiger partial charge in [-0.3, -0.25) is 14.9 Å². The minimum atomic E-state index is -4.55. The van der Waals surface area contributed by atoms with Crippen molar-refractivity contribution in [3.63, 3.8) is 0 Å². The molecule has 1 saturated heterocycles. The minimum absolute atomic E-state index is 0.0993. The number of amides is 1. The fourth-order valence-corrected chi connectivity index (χ4v) is 4.90. The second kappa shape index (κ2) is 14.0. The van der Waals surface area contributed by atoms with Gasteiger partial charge in [0.25, 0.3) is 11.6 Å². The Morgan fingerprint density at radius 2 is 1.73 bits per heavy atom. The topological polar surface area (TPSA) is 103 Å². The van der Waals surface area contributed by atoms with Crippen LogP contribution in [0.25, 0.3) is 0 Å². The smallest absolute Gasteiger partial charge is 0.378 e. The van der Waals surface area contributed by atoms with Crippen molar-refractivity contribution < 1.29 is 27.6 Å². The van der Waals surface area contributed by atoms with Crippen LogP contribution >= 0.6 is 0 Å². The van der Waals surface area contributed by atoms with E-state index in [1.807, 2.05) is 30.9 Å². The van der Waals surface area contributed by atoms with E-state index in [1.165, 1.54) is 12.1 Å². The summed E-state index contributed by atoms with van der Waals surface area (Å²) in [6.07, 6.45) is -3.68. The Morgan fingerprint density at radius 1 is 1.00 bits per heavy atom. The molecule has 1 heterocycles. The molecule has 1 fully saturated rings. The van der Waals surface area contributed by atoms with Crippen molar-refractivity contribution in [2.24, 2.45) is 0 Å². The van der Waals surface area contributed by atoms with Gasteiger partial charge in [0.05, 0.1) is 23.7 Å². The number of morpholine rings is 1. The van der Waals surface area contributed by atoms with Crippen LogP contribution < -0.4 is 20.4 Å². The van der Waals surface area contributed by atoms with Crippen LogP contribution in [0, 0.1) is 17.0 Å². The van der Waals surface area contributed by atoms with Crippen LogP contribution in [0.3, 0.4) is 0 Å². The highest BCUT2D eigenvalue weighted by Crippen LogP contribution is 2.36. The Balaban J connectivity index is 1.58. The van der Waals surface area contributed by atoms with Gasteiger partial charge in [0.2, 0.25) is 0 Å². The second-order valence-corrected chi connectivity index (χ2v) is 11.0. The minimum Gasteiger partial charge on any atom is -0.378 e. The lowest BCUT2D eigenvalue weighted by Gasteiger charge is -2.30. The number of halogens is 3. The van der Waals surface area contributed by atoms with Crippen molar-refractivity contribution in [1.82, 2.24) is 4.90 Å². The number of nitrogens with one attached hydrogen (secondary N) is 2. The number of carbonyl (C=O) groups excluding carboxylic acids is 1. The molecule has 0 aliphatic carbocycles. The fraction of sp³-hybridized carbons (Fsp3) is 0.387. The van der Waals surface area contributed by atoms with Crippen molar-refractivity contribution in [2.75, 3.05) is 81.0 Å². The zero-order valence-corrected chi connectivity index (χ0v) is 25.2. The first kappa shape index (κ1) is 32.6. The first-order chi connectivity index (χ1) is 20.8. The molecule has 10 nitrogen and oxygen atoms in total. The van der Waals surface area contributed by atoms with E-state index in [0.717, 1.165) is 25.1 Å². The number of nitro groups is 1. The summed E-state index contributed by atoms with van der Waals surface area (Å²) in [4.78, 5) is 30.4. The highest BCUT2D eigenvalue weighted by molar-refractivity contribution is 6.08. The third-order valence-electron chi connectivity index (χ3n) is 7.36. The molecule has 1 aliphatic heterocycles.